The zero-order chi connectivity index (χ0) is 18.4. The highest BCUT2D eigenvalue weighted by Gasteiger charge is 2.30. The van der Waals surface area contributed by atoms with Gasteiger partial charge in [-0.3, -0.25) is 0 Å². The minimum Gasteiger partial charge on any atom is -0.221 e. The van der Waals surface area contributed by atoms with Crippen molar-refractivity contribution >= 4 is 26.3 Å². The van der Waals surface area contributed by atoms with E-state index >= 15 is 0 Å². The smallest absolute Gasteiger partial charge is 0.221 e. The Balaban J connectivity index is 1.88. The van der Waals surface area contributed by atoms with Crippen LogP contribution < -0.4 is 4.72 Å². The molecule has 0 unspecified atom stereocenters. The zero-order valence-corrected chi connectivity index (χ0v) is 14.8. The summed E-state index contributed by atoms with van der Waals surface area (Å²) in [6.07, 6.45) is -4.48. The molecule has 3 aromatic rings. The number of sulfonamides is 1. The Morgan fingerprint density at radius 3 is 2.68 bits per heavy atom. The lowest BCUT2D eigenvalue weighted by atomic mass is 10.1. The van der Waals surface area contributed by atoms with Crippen LogP contribution in [0.15, 0.2) is 29.3 Å². The van der Waals surface area contributed by atoms with Gasteiger partial charge in [0.25, 0.3) is 10.0 Å². The Hall–Kier alpha value is -1.98. The molecule has 25 heavy (non-hydrogen) atoms. The summed E-state index contributed by atoms with van der Waals surface area (Å²) in [6.45, 7) is 2.98. The highest BCUT2D eigenvalue weighted by Crippen LogP contribution is 2.29. The largest absolute Gasteiger partial charge is 0.416 e. The Labute approximate surface area is 145 Å². The number of nitrogens with zero attached hydrogens (tertiary/aromatic N) is 3. The van der Waals surface area contributed by atoms with E-state index in [1.54, 1.807) is 6.92 Å². The van der Waals surface area contributed by atoms with Gasteiger partial charge in [-0.05, 0) is 25.5 Å². The van der Waals surface area contributed by atoms with Crippen LogP contribution in [0.25, 0.3) is 4.96 Å². The summed E-state index contributed by atoms with van der Waals surface area (Å²) in [5.41, 5.74) is -0.358. The van der Waals surface area contributed by atoms with Gasteiger partial charge >= 0.3 is 6.18 Å². The molecule has 0 amide bonds. The standard InChI is InChI=1S/C14H13F3N4O2S2/c1-8-12(21-13(19-8)24-9(2)20-21)25(22,23)18-7-10-4-3-5-11(6-10)14(15,16)17/h3-6,18H,7H2,1-2H3. The molecule has 0 spiro atoms. The first-order valence-electron chi connectivity index (χ1n) is 7.06. The normalized spacial score (nSPS) is 12.8. The molecule has 1 N–H and O–H groups in total. The number of imidazole rings is 1. The van der Waals surface area contributed by atoms with E-state index in [2.05, 4.69) is 14.8 Å². The van der Waals surface area contributed by atoms with Crippen molar-refractivity contribution in [1.82, 2.24) is 19.3 Å². The first-order valence-corrected chi connectivity index (χ1v) is 9.36. The molecule has 11 heteroatoms. The molecule has 2 aromatic heterocycles. The number of rotatable bonds is 4. The third kappa shape index (κ3) is 3.53. The van der Waals surface area contributed by atoms with Gasteiger partial charge in [0.2, 0.25) is 4.96 Å². The van der Waals surface area contributed by atoms with E-state index in [1.807, 2.05) is 0 Å². The highest BCUT2D eigenvalue weighted by molar-refractivity contribution is 7.89. The summed E-state index contributed by atoms with van der Waals surface area (Å²) in [7, 11) is -3.99. The molecule has 0 bridgehead atoms. The molecular formula is C14H13F3N4O2S2. The predicted octanol–water partition coefficient (Wildman–Crippen LogP) is 2.90. The highest BCUT2D eigenvalue weighted by atomic mass is 32.2. The Morgan fingerprint density at radius 1 is 1.28 bits per heavy atom. The maximum absolute atomic E-state index is 12.7. The fourth-order valence-corrected chi connectivity index (χ4v) is 4.47. The molecule has 1 aromatic carbocycles. The summed E-state index contributed by atoms with van der Waals surface area (Å²) in [5, 5.41) is 4.64. The summed E-state index contributed by atoms with van der Waals surface area (Å²) in [4.78, 5) is 4.59. The van der Waals surface area contributed by atoms with Crippen LogP contribution in [0, 0.1) is 13.8 Å². The SMILES string of the molecule is Cc1nn2c(S(=O)(=O)NCc3cccc(C(F)(F)F)c3)c(C)nc2s1. The van der Waals surface area contributed by atoms with Crippen molar-refractivity contribution in [3.63, 3.8) is 0 Å². The lowest BCUT2D eigenvalue weighted by Gasteiger charge is -2.10. The third-order valence-electron chi connectivity index (χ3n) is 3.40. The minimum absolute atomic E-state index is 0.112. The molecule has 0 fully saturated rings. The van der Waals surface area contributed by atoms with Crippen LogP contribution in [0.5, 0.6) is 0 Å². The number of fused-ring (bicyclic) bond motifs is 1. The second-order valence-electron chi connectivity index (χ2n) is 5.34. The molecule has 0 radical (unpaired) electrons. The summed E-state index contributed by atoms with van der Waals surface area (Å²) in [6, 6.07) is 4.50. The van der Waals surface area contributed by atoms with Crippen LogP contribution in [0.1, 0.15) is 21.8 Å². The van der Waals surface area contributed by atoms with E-state index in [4.69, 9.17) is 0 Å². The second kappa shape index (κ2) is 6.07. The number of aromatic nitrogens is 3. The second-order valence-corrected chi connectivity index (χ2v) is 8.18. The van der Waals surface area contributed by atoms with Crippen LogP contribution in [0.4, 0.5) is 13.2 Å². The van der Waals surface area contributed by atoms with Gasteiger partial charge in [0.1, 0.15) is 5.01 Å². The van der Waals surface area contributed by atoms with Gasteiger partial charge in [-0.25, -0.2) is 18.1 Å². The molecular weight excluding hydrogens is 377 g/mol. The maximum Gasteiger partial charge on any atom is 0.416 e. The minimum atomic E-state index is -4.48. The van der Waals surface area contributed by atoms with Crippen molar-refractivity contribution < 1.29 is 21.6 Å². The van der Waals surface area contributed by atoms with E-state index in [9.17, 15) is 21.6 Å². The lowest BCUT2D eigenvalue weighted by molar-refractivity contribution is -0.137. The number of halogens is 3. The van der Waals surface area contributed by atoms with E-state index in [-0.39, 0.29) is 22.8 Å². The summed E-state index contributed by atoms with van der Waals surface area (Å²) >= 11 is 1.25. The fraction of sp³-hybridized carbons (Fsp3) is 0.286. The Kier molecular flexibility index (Phi) is 4.33. The van der Waals surface area contributed by atoms with Crippen LogP contribution >= 0.6 is 11.3 Å². The van der Waals surface area contributed by atoms with Crippen LogP contribution in [-0.2, 0) is 22.7 Å². The maximum atomic E-state index is 12.7. The number of hydrogen-bond acceptors (Lipinski definition) is 5. The molecule has 134 valence electrons. The van der Waals surface area contributed by atoms with Gasteiger partial charge in [-0.15, -0.1) is 0 Å². The predicted molar refractivity (Wildman–Crippen MR) is 85.8 cm³/mol. The Bertz CT molecular complexity index is 1040. The number of alkyl halides is 3. The van der Waals surface area contributed by atoms with Crippen molar-refractivity contribution in [2.75, 3.05) is 0 Å². The van der Waals surface area contributed by atoms with Crippen molar-refractivity contribution in [1.29, 1.82) is 0 Å². The van der Waals surface area contributed by atoms with Gasteiger partial charge in [-0.1, -0.05) is 29.5 Å². The van der Waals surface area contributed by atoms with E-state index < -0.39 is 21.8 Å². The molecule has 2 heterocycles. The van der Waals surface area contributed by atoms with E-state index in [0.29, 0.717) is 9.97 Å². The van der Waals surface area contributed by atoms with E-state index in [0.717, 1.165) is 12.1 Å². The average molecular weight is 390 g/mol. The number of aryl methyl sites for hydroxylation is 2. The Morgan fingerprint density at radius 2 is 2.00 bits per heavy atom. The van der Waals surface area contributed by atoms with Gasteiger partial charge in [-0.2, -0.15) is 22.8 Å². The van der Waals surface area contributed by atoms with Crippen LogP contribution in [0.3, 0.4) is 0 Å². The number of hydrogen-bond donors (Lipinski definition) is 1. The molecule has 0 aliphatic rings. The number of nitrogens with one attached hydrogen (secondary N) is 1. The zero-order valence-electron chi connectivity index (χ0n) is 13.1. The summed E-state index contributed by atoms with van der Waals surface area (Å²) < 4.78 is 66.9. The third-order valence-corrected chi connectivity index (χ3v) is 5.73. The molecule has 6 nitrogen and oxygen atoms in total. The fourth-order valence-electron chi connectivity index (χ4n) is 2.34. The average Bonchev–Trinajstić information content (AvgIpc) is 2.99. The molecule has 3 rings (SSSR count). The molecule has 0 aliphatic heterocycles. The van der Waals surface area contributed by atoms with Crippen molar-refractivity contribution in [3.8, 4) is 0 Å². The van der Waals surface area contributed by atoms with Crippen molar-refractivity contribution in [2.24, 2.45) is 0 Å². The van der Waals surface area contributed by atoms with E-state index in [1.165, 1.54) is 34.9 Å². The molecule has 0 aliphatic carbocycles. The molecule has 0 saturated carbocycles. The van der Waals surface area contributed by atoms with Crippen molar-refractivity contribution in [2.45, 2.75) is 31.6 Å². The first-order chi connectivity index (χ1) is 11.6. The molecule has 0 atom stereocenters. The topological polar surface area (TPSA) is 76.4 Å². The van der Waals surface area contributed by atoms with Crippen molar-refractivity contribution in [3.05, 3.63) is 46.1 Å². The first kappa shape index (κ1) is 17.8. The van der Waals surface area contributed by atoms with Gasteiger partial charge in [0.15, 0.2) is 5.03 Å². The van der Waals surface area contributed by atoms with Crippen LogP contribution in [-0.4, -0.2) is 23.0 Å². The monoisotopic (exact) mass is 390 g/mol. The quantitative estimate of drug-likeness (QED) is 0.743. The van der Waals surface area contributed by atoms with Crippen LogP contribution in [0.2, 0.25) is 0 Å². The van der Waals surface area contributed by atoms with Gasteiger partial charge < -0.3 is 0 Å². The van der Waals surface area contributed by atoms with Gasteiger partial charge in [0.05, 0.1) is 11.3 Å². The molecule has 0 saturated heterocycles. The lowest BCUT2D eigenvalue weighted by Crippen LogP contribution is -2.25. The summed E-state index contributed by atoms with van der Waals surface area (Å²) in [5.74, 6) is 0. The van der Waals surface area contributed by atoms with Gasteiger partial charge in [0, 0.05) is 6.54 Å². The number of benzene rings is 1.